The maximum atomic E-state index is 12.2. The Morgan fingerprint density at radius 1 is 1.16 bits per heavy atom. The summed E-state index contributed by atoms with van der Waals surface area (Å²) in [7, 11) is 0. The molecule has 0 aromatic heterocycles. The van der Waals surface area contributed by atoms with Crippen molar-refractivity contribution in [3.8, 4) is 0 Å². The molecule has 2 rings (SSSR count). The molecule has 1 saturated heterocycles. The van der Waals surface area contributed by atoms with Crippen molar-refractivity contribution in [2.45, 2.75) is 50.1 Å². The number of hydrogen-bond donors (Lipinski definition) is 3. The van der Waals surface area contributed by atoms with E-state index in [0.29, 0.717) is 19.4 Å². The first kappa shape index (κ1) is 14.3. The fourth-order valence-electron chi connectivity index (χ4n) is 2.89. The van der Waals surface area contributed by atoms with Crippen LogP contribution in [-0.4, -0.2) is 41.8 Å². The number of aliphatic carboxylic acids is 1. The van der Waals surface area contributed by atoms with Gasteiger partial charge in [-0.3, -0.25) is 4.79 Å². The Hall–Kier alpha value is -1.14. The van der Waals surface area contributed by atoms with Crippen LogP contribution < -0.4 is 11.1 Å². The zero-order chi connectivity index (χ0) is 13.9. The van der Waals surface area contributed by atoms with Crippen LogP contribution in [0.15, 0.2) is 0 Å². The zero-order valence-electron chi connectivity index (χ0n) is 11.1. The van der Waals surface area contributed by atoms with Gasteiger partial charge in [0.25, 0.3) is 0 Å². The fourth-order valence-corrected chi connectivity index (χ4v) is 2.89. The predicted octanol–water partition coefficient (Wildman–Crippen LogP) is 0.254. The summed E-state index contributed by atoms with van der Waals surface area (Å²) >= 11 is 0. The van der Waals surface area contributed by atoms with E-state index in [-0.39, 0.29) is 18.6 Å². The van der Waals surface area contributed by atoms with Crippen molar-refractivity contribution in [1.29, 1.82) is 0 Å². The average Bonchev–Trinajstić information content (AvgIpc) is 2.64. The molecule has 108 valence electrons. The molecular weight excluding hydrogens is 248 g/mol. The highest BCUT2D eigenvalue weighted by molar-refractivity contribution is 5.88. The Kier molecular flexibility index (Phi) is 4.42. The maximum absolute atomic E-state index is 12.2. The van der Waals surface area contributed by atoms with Crippen molar-refractivity contribution in [2.24, 2.45) is 11.7 Å². The highest BCUT2D eigenvalue weighted by Gasteiger charge is 2.43. The van der Waals surface area contributed by atoms with E-state index in [1.807, 2.05) is 0 Å². The monoisotopic (exact) mass is 270 g/mol. The second kappa shape index (κ2) is 5.88. The van der Waals surface area contributed by atoms with E-state index in [0.717, 1.165) is 25.7 Å². The zero-order valence-corrected chi connectivity index (χ0v) is 11.1. The lowest BCUT2D eigenvalue weighted by molar-refractivity contribution is -0.149. The van der Waals surface area contributed by atoms with Crippen LogP contribution in [-0.2, 0) is 14.3 Å². The number of carbonyl (C=O) groups is 2. The van der Waals surface area contributed by atoms with Crippen molar-refractivity contribution in [3.63, 3.8) is 0 Å². The Morgan fingerprint density at radius 2 is 1.79 bits per heavy atom. The van der Waals surface area contributed by atoms with Crippen molar-refractivity contribution >= 4 is 11.9 Å². The standard InChI is InChI=1S/C13H22N2O4/c14-10-8-19-7-9(10)11(16)15-13(12(17)18)5-3-1-2-4-6-13/h9-10H,1-8,14H2,(H,15,16)(H,17,18). The van der Waals surface area contributed by atoms with Gasteiger partial charge >= 0.3 is 5.97 Å². The summed E-state index contributed by atoms with van der Waals surface area (Å²) in [5.41, 5.74) is 4.69. The minimum Gasteiger partial charge on any atom is -0.480 e. The fraction of sp³-hybridized carbons (Fsp3) is 0.846. The summed E-state index contributed by atoms with van der Waals surface area (Å²) in [6.07, 6.45) is 4.71. The highest BCUT2D eigenvalue weighted by Crippen LogP contribution is 2.28. The summed E-state index contributed by atoms with van der Waals surface area (Å²) in [5.74, 6) is -1.65. The van der Waals surface area contributed by atoms with E-state index < -0.39 is 17.4 Å². The molecule has 2 atom stereocenters. The van der Waals surface area contributed by atoms with Gasteiger partial charge in [0, 0.05) is 6.04 Å². The van der Waals surface area contributed by atoms with E-state index in [1.54, 1.807) is 0 Å². The number of amides is 1. The molecule has 2 aliphatic rings. The van der Waals surface area contributed by atoms with Crippen LogP contribution in [0.1, 0.15) is 38.5 Å². The molecule has 19 heavy (non-hydrogen) atoms. The number of nitrogens with one attached hydrogen (secondary N) is 1. The van der Waals surface area contributed by atoms with Crippen molar-refractivity contribution in [3.05, 3.63) is 0 Å². The minimum absolute atomic E-state index is 0.280. The molecule has 4 N–H and O–H groups in total. The van der Waals surface area contributed by atoms with Crippen LogP contribution in [0.5, 0.6) is 0 Å². The summed E-state index contributed by atoms with van der Waals surface area (Å²) in [6, 6.07) is -0.336. The van der Waals surface area contributed by atoms with Crippen LogP contribution in [0.4, 0.5) is 0 Å². The third-order valence-corrected chi connectivity index (χ3v) is 4.19. The number of nitrogens with two attached hydrogens (primary N) is 1. The summed E-state index contributed by atoms with van der Waals surface area (Å²) < 4.78 is 5.16. The lowest BCUT2D eigenvalue weighted by Gasteiger charge is -2.30. The van der Waals surface area contributed by atoms with Gasteiger partial charge in [0.05, 0.1) is 19.1 Å². The molecule has 1 heterocycles. The van der Waals surface area contributed by atoms with Crippen LogP contribution in [0.3, 0.4) is 0 Å². The third kappa shape index (κ3) is 3.06. The SMILES string of the molecule is NC1COCC1C(=O)NC1(C(=O)O)CCCCCC1. The van der Waals surface area contributed by atoms with Crippen LogP contribution in [0.2, 0.25) is 0 Å². The molecule has 2 fully saturated rings. The van der Waals surface area contributed by atoms with Gasteiger partial charge in [-0.05, 0) is 12.8 Å². The number of hydrogen-bond acceptors (Lipinski definition) is 4. The van der Waals surface area contributed by atoms with Crippen LogP contribution in [0.25, 0.3) is 0 Å². The average molecular weight is 270 g/mol. The largest absolute Gasteiger partial charge is 0.480 e. The molecule has 0 aromatic carbocycles. The van der Waals surface area contributed by atoms with E-state index in [4.69, 9.17) is 10.5 Å². The van der Waals surface area contributed by atoms with Crippen molar-refractivity contribution in [1.82, 2.24) is 5.32 Å². The summed E-state index contributed by atoms with van der Waals surface area (Å²) in [6.45, 7) is 0.640. The number of rotatable bonds is 3. The molecule has 2 unspecified atom stereocenters. The highest BCUT2D eigenvalue weighted by atomic mass is 16.5. The first-order chi connectivity index (χ1) is 9.05. The molecule has 0 bridgehead atoms. The van der Waals surface area contributed by atoms with Gasteiger partial charge in [-0.1, -0.05) is 25.7 Å². The van der Waals surface area contributed by atoms with Crippen LogP contribution in [0, 0.1) is 5.92 Å². The molecule has 6 heteroatoms. The summed E-state index contributed by atoms with van der Waals surface area (Å²) in [5, 5.41) is 12.2. The van der Waals surface area contributed by atoms with Gasteiger partial charge < -0.3 is 20.9 Å². The molecule has 0 spiro atoms. The van der Waals surface area contributed by atoms with Crippen molar-refractivity contribution < 1.29 is 19.4 Å². The van der Waals surface area contributed by atoms with E-state index in [2.05, 4.69) is 5.32 Å². The number of carbonyl (C=O) groups excluding carboxylic acids is 1. The predicted molar refractivity (Wildman–Crippen MR) is 68.5 cm³/mol. The van der Waals surface area contributed by atoms with E-state index in [1.165, 1.54) is 0 Å². The normalized spacial score (nSPS) is 30.6. The molecule has 1 saturated carbocycles. The Morgan fingerprint density at radius 3 is 2.26 bits per heavy atom. The number of carboxylic acids is 1. The smallest absolute Gasteiger partial charge is 0.329 e. The van der Waals surface area contributed by atoms with Gasteiger partial charge in [0.15, 0.2) is 0 Å². The minimum atomic E-state index is -1.12. The molecule has 1 aliphatic heterocycles. The summed E-state index contributed by atoms with van der Waals surface area (Å²) in [4.78, 5) is 23.8. The van der Waals surface area contributed by atoms with Gasteiger partial charge in [0.2, 0.25) is 5.91 Å². The second-order valence-electron chi connectivity index (χ2n) is 5.60. The molecule has 0 radical (unpaired) electrons. The molecule has 0 aromatic rings. The Bertz CT molecular complexity index is 351. The Labute approximate surface area is 112 Å². The third-order valence-electron chi connectivity index (χ3n) is 4.19. The molecule has 6 nitrogen and oxygen atoms in total. The lowest BCUT2D eigenvalue weighted by atomic mass is 9.89. The topological polar surface area (TPSA) is 102 Å². The van der Waals surface area contributed by atoms with Gasteiger partial charge in [-0.25, -0.2) is 4.79 Å². The first-order valence-electron chi connectivity index (χ1n) is 6.94. The van der Waals surface area contributed by atoms with Crippen LogP contribution >= 0.6 is 0 Å². The van der Waals surface area contributed by atoms with Gasteiger partial charge in [0.1, 0.15) is 5.54 Å². The first-order valence-corrected chi connectivity index (χ1v) is 6.94. The lowest BCUT2D eigenvalue weighted by Crippen LogP contribution is -2.57. The second-order valence-corrected chi connectivity index (χ2v) is 5.60. The Balaban J connectivity index is 2.07. The van der Waals surface area contributed by atoms with E-state index >= 15 is 0 Å². The number of carboxylic acid groups (broad SMARTS) is 1. The quantitative estimate of drug-likeness (QED) is 0.638. The van der Waals surface area contributed by atoms with Crippen molar-refractivity contribution in [2.75, 3.05) is 13.2 Å². The van der Waals surface area contributed by atoms with Gasteiger partial charge in [-0.2, -0.15) is 0 Å². The molecular formula is C13H22N2O4. The molecule has 1 amide bonds. The van der Waals surface area contributed by atoms with Gasteiger partial charge in [-0.15, -0.1) is 0 Å². The molecule has 1 aliphatic carbocycles. The van der Waals surface area contributed by atoms with E-state index in [9.17, 15) is 14.7 Å². The maximum Gasteiger partial charge on any atom is 0.329 e. The number of ether oxygens (including phenoxy) is 1.